The van der Waals surface area contributed by atoms with Gasteiger partial charge in [0.05, 0.1) is 6.20 Å². The van der Waals surface area contributed by atoms with Crippen LogP contribution in [0, 0.1) is 0 Å². The summed E-state index contributed by atoms with van der Waals surface area (Å²) < 4.78 is 0.960. The molecule has 132 valence electrons. The van der Waals surface area contributed by atoms with Gasteiger partial charge in [-0.1, -0.05) is 22.0 Å². The molecule has 0 unspecified atom stereocenters. The van der Waals surface area contributed by atoms with Gasteiger partial charge < -0.3 is 14.8 Å². The summed E-state index contributed by atoms with van der Waals surface area (Å²) in [4.78, 5) is 39.8. The number of aromatic amines is 1. The van der Waals surface area contributed by atoms with Crippen LogP contribution < -0.4 is 0 Å². The maximum Gasteiger partial charge on any atom is 0.274 e. The van der Waals surface area contributed by atoms with Crippen molar-refractivity contribution >= 4 is 38.6 Å². The van der Waals surface area contributed by atoms with Crippen LogP contribution in [0.1, 0.15) is 21.0 Å². The zero-order valence-corrected chi connectivity index (χ0v) is 15.4. The number of fused-ring (bicyclic) bond motifs is 1. The van der Waals surface area contributed by atoms with Crippen molar-refractivity contribution < 1.29 is 9.59 Å². The molecule has 1 N–H and O–H groups in total. The summed E-state index contributed by atoms with van der Waals surface area (Å²) >= 11 is 3.43. The van der Waals surface area contributed by atoms with Gasteiger partial charge in [-0.25, -0.2) is 4.98 Å². The molecule has 0 aliphatic carbocycles. The van der Waals surface area contributed by atoms with Crippen LogP contribution in [-0.4, -0.2) is 62.7 Å². The Labute approximate surface area is 158 Å². The SMILES string of the molecule is O=C(c1cnccn1)N1CCN(C(=O)c2cc3ccc(Br)cc3[nH]2)CC1. The first-order chi connectivity index (χ1) is 12.6. The van der Waals surface area contributed by atoms with E-state index in [0.717, 1.165) is 15.4 Å². The molecule has 3 heterocycles. The number of benzene rings is 1. The number of nitrogens with one attached hydrogen (secondary N) is 1. The Kier molecular flexibility index (Phi) is 4.42. The van der Waals surface area contributed by atoms with E-state index >= 15 is 0 Å². The van der Waals surface area contributed by atoms with Crippen molar-refractivity contribution in [2.75, 3.05) is 26.2 Å². The molecule has 1 saturated heterocycles. The standard InChI is InChI=1S/C18H16BrN5O2/c19-13-2-1-12-9-15(22-14(12)10-13)17(25)23-5-7-24(8-6-23)18(26)16-11-20-3-4-21-16/h1-4,9-11,22H,5-8H2. The Hall–Kier alpha value is -2.74. The minimum atomic E-state index is -0.152. The first-order valence-electron chi connectivity index (χ1n) is 8.24. The smallest absolute Gasteiger partial charge is 0.274 e. The van der Waals surface area contributed by atoms with Gasteiger partial charge in [-0.15, -0.1) is 0 Å². The van der Waals surface area contributed by atoms with E-state index in [1.54, 1.807) is 9.80 Å². The molecule has 0 spiro atoms. The average Bonchev–Trinajstić information content (AvgIpc) is 3.11. The Bertz CT molecular complexity index is 964. The van der Waals surface area contributed by atoms with E-state index in [0.29, 0.717) is 37.6 Å². The molecule has 1 fully saturated rings. The van der Waals surface area contributed by atoms with E-state index in [2.05, 4.69) is 30.9 Å². The fraction of sp³-hybridized carbons (Fsp3) is 0.222. The second-order valence-corrected chi connectivity index (χ2v) is 7.01. The molecule has 2 aromatic heterocycles. The van der Waals surface area contributed by atoms with Gasteiger partial charge in [0.15, 0.2) is 0 Å². The molecule has 1 aromatic carbocycles. The number of H-pyrrole nitrogens is 1. The molecule has 4 rings (SSSR count). The van der Waals surface area contributed by atoms with E-state index in [4.69, 9.17) is 0 Å². The van der Waals surface area contributed by atoms with E-state index in [-0.39, 0.29) is 11.8 Å². The maximum absolute atomic E-state index is 12.8. The van der Waals surface area contributed by atoms with Crippen molar-refractivity contribution in [2.24, 2.45) is 0 Å². The first-order valence-corrected chi connectivity index (χ1v) is 9.04. The second-order valence-electron chi connectivity index (χ2n) is 6.09. The monoisotopic (exact) mass is 413 g/mol. The van der Waals surface area contributed by atoms with Gasteiger partial charge in [-0.05, 0) is 18.2 Å². The number of halogens is 1. The number of aromatic nitrogens is 3. The van der Waals surface area contributed by atoms with Crippen molar-refractivity contribution in [1.82, 2.24) is 24.8 Å². The van der Waals surface area contributed by atoms with Crippen LogP contribution in [0.25, 0.3) is 10.9 Å². The number of hydrogen-bond acceptors (Lipinski definition) is 4. The molecule has 0 radical (unpaired) electrons. The number of rotatable bonds is 2. The second kappa shape index (κ2) is 6.87. The number of carbonyl (C=O) groups is 2. The highest BCUT2D eigenvalue weighted by atomic mass is 79.9. The fourth-order valence-corrected chi connectivity index (χ4v) is 3.43. The topological polar surface area (TPSA) is 82.2 Å². The zero-order valence-electron chi connectivity index (χ0n) is 13.9. The molecular weight excluding hydrogens is 398 g/mol. The molecule has 1 aliphatic heterocycles. The predicted octanol–water partition coefficient (Wildman–Crippen LogP) is 2.32. The lowest BCUT2D eigenvalue weighted by atomic mass is 10.2. The molecule has 1 aliphatic rings. The summed E-state index contributed by atoms with van der Waals surface area (Å²) in [5, 5.41) is 0.994. The summed E-state index contributed by atoms with van der Waals surface area (Å²) in [6, 6.07) is 7.72. The average molecular weight is 414 g/mol. The lowest BCUT2D eigenvalue weighted by Gasteiger charge is -2.34. The van der Waals surface area contributed by atoms with Crippen molar-refractivity contribution in [3.8, 4) is 0 Å². The van der Waals surface area contributed by atoms with Crippen LogP contribution in [0.5, 0.6) is 0 Å². The Morgan fingerprint density at radius 1 is 1.00 bits per heavy atom. The molecular formula is C18H16BrN5O2. The summed E-state index contributed by atoms with van der Waals surface area (Å²) in [6.45, 7) is 1.94. The summed E-state index contributed by atoms with van der Waals surface area (Å²) in [5.41, 5.74) is 1.81. The summed E-state index contributed by atoms with van der Waals surface area (Å²) in [6.07, 6.45) is 4.50. The molecule has 0 saturated carbocycles. The lowest BCUT2D eigenvalue weighted by molar-refractivity contribution is 0.0529. The van der Waals surface area contributed by atoms with Gasteiger partial charge in [-0.3, -0.25) is 14.6 Å². The third kappa shape index (κ3) is 3.20. The highest BCUT2D eigenvalue weighted by Crippen LogP contribution is 2.21. The normalized spacial score (nSPS) is 14.7. The Balaban J connectivity index is 1.43. The lowest BCUT2D eigenvalue weighted by Crippen LogP contribution is -2.50. The fourth-order valence-electron chi connectivity index (χ4n) is 3.07. The van der Waals surface area contributed by atoms with Gasteiger partial charge >= 0.3 is 0 Å². The van der Waals surface area contributed by atoms with E-state index in [1.165, 1.54) is 18.6 Å². The first kappa shape index (κ1) is 16.7. The summed E-state index contributed by atoms with van der Waals surface area (Å²) in [5.74, 6) is -0.204. The molecule has 7 nitrogen and oxygen atoms in total. The number of amides is 2. The zero-order chi connectivity index (χ0) is 18.1. The van der Waals surface area contributed by atoms with Crippen LogP contribution in [-0.2, 0) is 0 Å². The largest absolute Gasteiger partial charge is 0.350 e. The van der Waals surface area contributed by atoms with Crippen molar-refractivity contribution in [2.45, 2.75) is 0 Å². The van der Waals surface area contributed by atoms with Crippen molar-refractivity contribution in [3.05, 3.63) is 58.7 Å². The molecule has 2 amide bonds. The molecule has 3 aromatic rings. The number of hydrogen-bond donors (Lipinski definition) is 1. The maximum atomic E-state index is 12.8. The molecule has 26 heavy (non-hydrogen) atoms. The Morgan fingerprint density at radius 2 is 1.73 bits per heavy atom. The van der Waals surface area contributed by atoms with Crippen molar-refractivity contribution in [3.63, 3.8) is 0 Å². The van der Waals surface area contributed by atoms with Crippen molar-refractivity contribution in [1.29, 1.82) is 0 Å². The van der Waals surface area contributed by atoms with Crippen LogP contribution in [0.15, 0.2) is 47.3 Å². The van der Waals surface area contributed by atoms with Crippen LogP contribution in [0.2, 0.25) is 0 Å². The predicted molar refractivity (Wildman–Crippen MR) is 99.8 cm³/mol. The minimum Gasteiger partial charge on any atom is -0.350 e. The van der Waals surface area contributed by atoms with Gasteiger partial charge in [0, 0.05) is 53.9 Å². The number of nitrogens with zero attached hydrogens (tertiary/aromatic N) is 4. The van der Waals surface area contributed by atoms with Crippen LogP contribution >= 0.6 is 15.9 Å². The van der Waals surface area contributed by atoms with Gasteiger partial charge in [0.1, 0.15) is 11.4 Å². The summed E-state index contributed by atoms with van der Waals surface area (Å²) in [7, 11) is 0. The molecule has 0 bridgehead atoms. The van der Waals surface area contributed by atoms with E-state index in [1.807, 2.05) is 24.3 Å². The van der Waals surface area contributed by atoms with Gasteiger partial charge in [0.2, 0.25) is 0 Å². The van der Waals surface area contributed by atoms with E-state index in [9.17, 15) is 9.59 Å². The molecule has 8 heteroatoms. The van der Waals surface area contributed by atoms with Crippen LogP contribution in [0.4, 0.5) is 0 Å². The highest BCUT2D eigenvalue weighted by molar-refractivity contribution is 9.10. The van der Waals surface area contributed by atoms with Gasteiger partial charge in [-0.2, -0.15) is 0 Å². The third-order valence-electron chi connectivity index (χ3n) is 4.45. The highest BCUT2D eigenvalue weighted by Gasteiger charge is 2.26. The third-order valence-corrected chi connectivity index (χ3v) is 4.94. The van der Waals surface area contributed by atoms with Crippen LogP contribution in [0.3, 0.4) is 0 Å². The number of piperazine rings is 1. The number of carbonyl (C=O) groups excluding carboxylic acids is 2. The van der Waals surface area contributed by atoms with Gasteiger partial charge in [0.25, 0.3) is 11.8 Å². The molecule has 0 atom stereocenters. The van der Waals surface area contributed by atoms with E-state index < -0.39 is 0 Å². The minimum absolute atomic E-state index is 0.0519. The quantitative estimate of drug-likeness (QED) is 0.698. The Morgan fingerprint density at radius 3 is 2.42 bits per heavy atom.